The van der Waals surface area contributed by atoms with Crippen LogP contribution in [-0.4, -0.2) is 16.7 Å². The molecule has 1 saturated heterocycles. The Morgan fingerprint density at radius 3 is 2.34 bits per heavy atom. The minimum Gasteiger partial charge on any atom is -0.457 e. The van der Waals surface area contributed by atoms with E-state index < -0.39 is 16.7 Å². The highest BCUT2D eigenvalue weighted by Gasteiger charge is 2.34. The van der Waals surface area contributed by atoms with E-state index in [1.807, 2.05) is 19.1 Å². The molecule has 8 nitrogen and oxygen atoms in total. The summed E-state index contributed by atoms with van der Waals surface area (Å²) in [7, 11) is 0. The first-order valence-corrected chi connectivity index (χ1v) is 8.71. The molecule has 0 bridgehead atoms. The van der Waals surface area contributed by atoms with Crippen molar-refractivity contribution >= 4 is 29.3 Å². The number of non-ortho nitro benzene ring substituents is 1. The summed E-state index contributed by atoms with van der Waals surface area (Å²) in [5.41, 5.74) is 4.71. The van der Waals surface area contributed by atoms with Gasteiger partial charge in [-0.25, -0.2) is 5.01 Å². The van der Waals surface area contributed by atoms with Gasteiger partial charge in [0.1, 0.15) is 17.1 Å². The number of aryl methyl sites for hydroxylation is 1. The van der Waals surface area contributed by atoms with Gasteiger partial charge in [0.05, 0.1) is 10.6 Å². The van der Waals surface area contributed by atoms with Gasteiger partial charge in [0.2, 0.25) is 0 Å². The normalized spacial score (nSPS) is 15.1. The molecule has 3 aromatic rings. The molecule has 1 N–H and O–H groups in total. The molecule has 0 spiro atoms. The third-order valence-corrected chi connectivity index (χ3v) is 4.46. The van der Waals surface area contributed by atoms with E-state index in [4.69, 9.17) is 4.42 Å². The number of nitrogens with zero attached hydrogens (tertiary/aromatic N) is 2. The molecule has 0 aliphatic carbocycles. The number of furan rings is 1. The molecule has 8 heteroatoms. The average molecular weight is 389 g/mol. The molecule has 2 aromatic carbocycles. The first-order chi connectivity index (χ1) is 13.9. The highest BCUT2D eigenvalue weighted by molar-refractivity contribution is 6.31. The van der Waals surface area contributed by atoms with E-state index in [9.17, 15) is 19.7 Å². The van der Waals surface area contributed by atoms with Gasteiger partial charge in [-0.05, 0) is 49.4 Å². The molecule has 2 amide bonds. The minimum absolute atomic E-state index is 0.0212. The van der Waals surface area contributed by atoms with Gasteiger partial charge in [-0.1, -0.05) is 17.7 Å². The summed E-state index contributed by atoms with van der Waals surface area (Å²) >= 11 is 0. The van der Waals surface area contributed by atoms with Gasteiger partial charge in [0, 0.05) is 17.7 Å². The van der Waals surface area contributed by atoms with Crippen molar-refractivity contribution in [3.8, 4) is 11.3 Å². The lowest BCUT2D eigenvalue weighted by molar-refractivity contribution is -0.384. The van der Waals surface area contributed by atoms with Crippen molar-refractivity contribution < 1.29 is 18.9 Å². The third kappa shape index (κ3) is 3.51. The average Bonchev–Trinajstić information content (AvgIpc) is 3.29. The number of amides is 2. The van der Waals surface area contributed by atoms with E-state index in [1.54, 1.807) is 36.4 Å². The van der Waals surface area contributed by atoms with Crippen LogP contribution in [0.15, 0.2) is 70.7 Å². The third-order valence-electron chi connectivity index (χ3n) is 4.46. The summed E-state index contributed by atoms with van der Waals surface area (Å²) in [5, 5.41) is 11.9. The van der Waals surface area contributed by atoms with Crippen LogP contribution in [0.2, 0.25) is 0 Å². The van der Waals surface area contributed by atoms with Gasteiger partial charge < -0.3 is 4.42 Å². The van der Waals surface area contributed by atoms with Crippen molar-refractivity contribution in [1.82, 2.24) is 5.43 Å². The summed E-state index contributed by atoms with van der Waals surface area (Å²) in [5.74, 6) is -0.216. The Morgan fingerprint density at radius 1 is 1.00 bits per heavy atom. The number of rotatable bonds is 4. The molecule has 2 heterocycles. The summed E-state index contributed by atoms with van der Waals surface area (Å²) < 4.78 is 5.69. The van der Waals surface area contributed by atoms with Gasteiger partial charge in [-0.2, -0.15) is 0 Å². The Bertz CT molecular complexity index is 1140. The van der Waals surface area contributed by atoms with E-state index in [-0.39, 0.29) is 11.3 Å². The van der Waals surface area contributed by atoms with E-state index in [1.165, 1.54) is 23.2 Å². The van der Waals surface area contributed by atoms with E-state index in [2.05, 4.69) is 5.43 Å². The van der Waals surface area contributed by atoms with Gasteiger partial charge >= 0.3 is 0 Å². The van der Waals surface area contributed by atoms with E-state index in [0.29, 0.717) is 22.8 Å². The zero-order valence-electron chi connectivity index (χ0n) is 15.3. The largest absolute Gasteiger partial charge is 0.457 e. The van der Waals surface area contributed by atoms with Crippen LogP contribution in [0, 0.1) is 17.0 Å². The zero-order chi connectivity index (χ0) is 20.5. The number of hydrazine groups is 1. The summed E-state index contributed by atoms with van der Waals surface area (Å²) in [6.07, 6.45) is 1.38. The summed E-state index contributed by atoms with van der Waals surface area (Å²) in [6.45, 7) is 1.93. The Kier molecular flexibility index (Phi) is 4.44. The smallest absolute Gasteiger partial charge is 0.282 e. The van der Waals surface area contributed by atoms with E-state index >= 15 is 0 Å². The number of hydrogen-bond donors (Lipinski definition) is 1. The summed E-state index contributed by atoms with van der Waals surface area (Å²) in [6, 6.07) is 16.4. The number of anilines is 1. The molecule has 0 atom stereocenters. The maximum atomic E-state index is 12.7. The number of nitro groups is 1. The van der Waals surface area contributed by atoms with Crippen molar-refractivity contribution in [3.05, 3.63) is 87.7 Å². The number of benzene rings is 2. The Hall–Kier alpha value is -4.20. The van der Waals surface area contributed by atoms with Crippen LogP contribution >= 0.6 is 0 Å². The van der Waals surface area contributed by atoms with Crippen LogP contribution < -0.4 is 10.4 Å². The SMILES string of the molecule is Cc1ccc(N2NC(=O)C(=Cc3ccc(-c4ccc([N+](=O)[O-])cc4)o3)C2=O)cc1. The molecule has 1 fully saturated rings. The van der Waals surface area contributed by atoms with Crippen LogP contribution in [0.5, 0.6) is 0 Å². The van der Waals surface area contributed by atoms with Crippen LogP contribution in [0.4, 0.5) is 11.4 Å². The van der Waals surface area contributed by atoms with Crippen molar-refractivity contribution in [1.29, 1.82) is 0 Å². The molecule has 29 heavy (non-hydrogen) atoms. The Labute approximate surface area is 165 Å². The first-order valence-electron chi connectivity index (χ1n) is 8.71. The summed E-state index contributed by atoms with van der Waals surface area (Å²) in [4.78, 5) is 35.2. The second-order valence-electron chi connectivity index (χ2n) is 6.48. The van der Waals surface area contributed by atoms with Crippen molar-refractivity contribution in [2.45, 2.75) is 6.92 Å². The molecule has 0 saturated carbocycles. The second-order valence-corrected chi connectivity index (χ2v) is 6.48. The van der Waals surface area contributed by atoms with Crippen LogP contribution in [0.1, 0.15) is 11.3 Å². The lowest BCUT2D eigenvalue weighted by atomic mass is 10.1. The predicted octanol–water partition coefficient (Wildman–Crippen LogP) is 3.62. The zero-order valence-corrected chi connectivity index (χ0v) is 15.3. The standard InChI is InChI=1S/C21H15N3O5/c1-13-2-6-15(7-3-13)23-21(26)18(20(25)22-23)12-17-10-11-19(29-17)14-4-8-16(9-5-14)24(27)28/h2-12H,1H3,(H,22,25). The number of nitrogens with one attached hydrogen (secondary N) is 1. The molecule has 1 aliphatic heterocycles. The van der Waals surface area contributed by atoms with Crippen molar-refractivity contribution in [2.24, 2.45) is 0 Å². The topological polar surface area (TPSA) is 106 Å². The maximum absolute atomic E-state index is 12.7. The number of carbonyl (C=O) groups is 2. The quantitative estimate of drug-likeness (QED) is 0.317. The second kappa shape index (κ2) is 7.08. The van der Waals surface area contributed by atoms with Crippen LogP contribution in [0.25, 0.3) is 17.4 Å². The molecule has 0 radical (unpaired) electrons. The van der Waals surface area contributed by atoms with Gasteiger partial charge in [-0.3, -0.25) is 25.1 Å². The molecule has 1 aliphatic rings. The Balaban J connectivity index is 1.58. The molecule has 4 rings (SSSR count). The van der Waals surface area contributed by atoms with E-state index in [0.717, 1.165) is 5.56 Å². The number of hydrogen-bond acceptors (Lipinski definition) is 5. The minimum atomic E-state index is -0.524. The highest BCUT2D eigenvalue weighted by atomic mass is 16.6. The molecule has 144 valence electrons. The van der Waals surface area contributed by atoms with Crippen molar-refractivity contribution in [2.75, 3.05) is 5.01 Å². The Morgan fingerprint density at radius 2 is 1.69 bits per heavy atom. The fraction of sp³-hybridized carbons (Fsp3) is 0.0476. The van der Waals surface area contributed by atoms with Crippen LogP contribution in [0.3, 0.4) is 0 Å². The highest BCUT2D eigenvalue weighted by Crippen LogP contribution is 2.27. The molecular formula is C21H15N3O5. The predicted molar refractivity (Wildman–Crippen MR) is 106 cm³/mol. The number of carbonyl (C=O) groups excluding carboxylic acids is 2. The van der Waals surface area contributed by atoms with Gasteiger partial charge in [0.25, 0.3) is 17.5 Å². The maximum Gasteiger partial charge on any atom is 0.282 e. The van der Waals surface area contributed by atoms with Crippen LogP contribution in [-0.2, 0) is 9.59 Å². The molecular weight excluding hydrogens is 374 g/mol. The molecule has 1 aromatic heterocycles. The lowest BCUT2D eigenvalue weighted by Crippen LogP contribution is -2.35. The fourth-order valence-electron chi connectivity index (χ4n) is 2.91. The fourth-order valence-corrected chi connectivity index (χ4v) is 2.91. The van der Waals surface area contributed by atoms with Gasteiger partial charge in [-0.15, -0.1) is 0 Å². The van der Waals surface area contributed by atoms with Gasteiger partial charge in [0.15, 0.2) is 0 Å². The number of nitro benzene ring substituents is 1. The van der Waals surface area contributed by atoms with Crippen molar-refractivity contribution in [3.63, 3.8) is 0 Å². The molecule has 0 unspecified atom stereocenters. The lowest BCUT2D eigenvalue weighted by Gasteiger charge is -2.14. The first kappa shape index (κ1) is 18.2. The monoisotopic (exact) mass is 389 g/mol.